The van der Waals surface area contributed by atoms with Crippen molar-refractivity contribution in [1.29, 1.82) is 0 Å². The first kappa shape index (κ1) is 20.0. The number of para-hydroxylation sites is 1. The highest BCUT2D eigenvalue weighted by molar-refractivity contribution is 7.99. The molecule has 1 amide bonds. The first-order valence-corrected chi connectivity index (χ1v) is 11.8. The van der Waals surface area contributed by atoms with Gasteiger partial charge in [0.15, 0.2) is 0 Å². The fraction of sp³-hybridized carbons (Fsp3) is 0.250. The maximum atomic E-state index is 13.1. The molecule has 4 heterocycles. The Morgan fingerprint density at radius 1 is 1.21 bits per heavy atom. The third-order valence-corrected chi connectivity index (χ3v) is 7.33. The number of fused-ring (bicyclic) bond motifs is 2. The molecule has 0 atom stereocenters. The van der Waals surface area contributed by atoms with Crippen LogP contribution in [0.3, 0.4) is 0 Å². The number of aromatic nitrogens is 6. The standard InChI is InChI=1S/C24H23N7OS/c1-14-21(33-22-8-17-11-27-29-19(17)13-25-22)9-20(30(14)2)24(32)26-10-15-4-3-5-16-12-28-31(23(15)16)18-6-7-18/h3-5,8-9,11-13,18H,6-7,10H2,1-2H3,(H,26,32)(H,27,29). The number of H-pyrrole nitrogens is 1. The molecule has 1 fully saturated rings. The summed E-state index contributed by atoms with van der Waals surface area (Å²) in [6.07, 6.45) is 7.82. The molecular weight excluding hydrogens is 434 g/mol. The summed E-state index contributed by atoms with van der Waals surface area (Å²) in [7, 11) is 1.92. The maximum absolute atomic E-state index is 13.1. The fourth-order valence-corrected chi connectivity index (χ4v) is 5.14. The smallest absolute Gasteiger partial charge is 0.268 e. The van der Waals surface area contributed by atoms with E-state index in [1.807, 2.05) is 42.9 Å². The summed E-state index contributed by atoms with van der Waals surface area (Å²) < 4.78 is 4.05. The number of rotatable bonds is 6. The van der Waals surface area contributed by atoms with Crippen LogP contribution in [-0.2, 0) is 13.6 Å². The number of pyridine rings is 1. The molecule has 9 heteroatoms. The lowest BCUT2D eigenvalue weighted by atomic mass is 10.1. The monoisotopic (exact) mass is 457 g/mol. The zero-order valence-electron chi connectivity index (χ0n) is 18.4. The first-order valence-electron chi connectivity index (χ1n) is 10.9. The van der Waals surface area contributed by atoms with E-state index in [-0.39, 0.29) is 5.91 Å². The lowest BCUT2D eigenvalue weighted by Crippen LogP contribution is -2.25. The zero-order chi connectivity index (χ0) is 22.5. The van der Waals surface area contributed by atoms with Gasteiger partial charge in [0, 0.05) is 35.0 Å². The Bertz CT molecular complexity index is 1510. The van der Waals surface area contributed by atoms with Gasteiger partial charge in [-0.3, -0.25) is 14.6 Å². The minimum atomic E-state index is -0.0970. The quantitative estimate of drug-likeness (QED) is 0.395. The average molecular weight is 458 g/mol. The van der Waals surface area contributed by atoms with Gasteiger partial charge in [-0.05, 0) is 37.5 Å². The normalized spacial score (nSPS) is 13.8. The van der Waals surface area contributed by atoms with Crippen molar-refractivity contribution in [2.45, 2.75) is 42.3 Å². The molecule has 1 aliphatic rings. The molecule has 2 N–H and O–H groups in total. The Balaban J connectivity index is 1.22. The van der Waals surface area contributed by atoms with Crippen molar-refractivity contribution in [3.8, 4) is 0 Å². The topological polar surface area (TPSA) is 93.4 Å². The Labute approximate surface area is 194 Å². The van der Waals surface area contributed by atoms with Crippen molar-refractivity contribution in [1.82, 2.24) is 34.8 Å². The molecule has 0 saturated heterocycles. The molecule has 1 aromatic carbocycles. The van der Waals surface area contributed by atoms with E-state index in [9.17, 15) is 4.79 Å². The third kappa shape index (κ3) is 3.58. The molecule has 1 aliphatic carbocycles. The summed E-state index contributed by atoms with van der Waals surface area (Å²) in [5.74, 6) is -0.0970. The molecule has 166 valence electrons. The van der Waals surface area contributed by atoms with Gasteiger partial charge in [0.1, 0.15) is 10.7 Å². The number of nitrogens with zero attached hydrogens (tertiary/aromatic N) is 5. The lowest BCUT2D eigenvalue weighted by Gasteiger charge is -2.10. The van der Waals surface area contributed by atoms with Crippen LogP contribution < -0.4 is 5.32 Å². The molecule has 0 radical (unpaired) electrons. The molecule has 33 heavy (non-hydrogen) atoms. The minimum Gasteiger partial charge on any atom is -0.347 e. The predicted octanol–water partition coefficient (Wildman–Crippen LogP) is 4.37. The highest BCUT2D eigenvalue weighted by Crippen LogP contribution is 2.37. The molecule has 0 aliphatic heterocycles. The Hall–Kier alpha value is -3.59. The number of nitrogens with one attached hydrogen (secondary N) is 2. The second kappa shape index (κ2) is 7.77. The van der Waals surface area contributed by atoms with Crippen molar-refractivity contribution in [3.63, 3.8) is 0 Å². The Kier molecular flexibility index (Phi) is 4.72. The van der Waals surface area contributed by atoms with Gasteiger partial charge >= 0.3 is 0 Å². The largest absolute Gasteiger partial charge is 0.347 e. The van der Waals surface area contributed by atoms with Crippen LogP contribution in [0.25, 0.3) is 21.8 Å². The second-order valence-corrected chi connectivity index (χ2v) is 9.54. The van der Waals surface area contributed by atoms with Crippen LogP contribution in [0.15, 0.2) is 58.8 Å². The van der Waals surface area contributed by atoms with Crippen LogP contribution in [0, 0.1) is 6.92 Å². The number of carbonyl (C=O) groups excluding carboxylic acids is 1. The van der Waals surface area contributed by atoms with Gasteiger partial charge in [0.25, 0.3) is 5.91 Å². The van der Waals surface area contributed by atoms with Crippen molar-refractivity contribution < 1.29 is 4.79 Å². The van der Waals surface area contributed by atoms with E-state index < -0.39 is 0 Å². The minimum absolute atomic E-state index is 0.0970. The summed E-state index contributed by atoms with van der Waals surface area (Å²) in [5.41, 5.74) is 4.77. The fourth-order valence-electron chi connectivity index (χ4n) is 4.16. The summed E-state index contributed by atoms with van der Waals surface area (Å²) in [6, 6.07) is 10.6. The Morgan fingerprint density at radius 2 is 2.09 bits per heavy atom. The zero-order valence-corrected chi connectivity index (χ0v) is 19.2. The number of carbonyl (C=O) groups is 1. The van der Waals surface area contributed by atoms with Gasteiger partial charge in [-0.25, -0.2) is 4.98 Å². The summed E-state index contributed by atoms with van der Waals surface area (Å²) in [5, 5.41) is 17.6. The molecular formula is C24H23N7OS. The van der Waals surface area contributed by atoms with Crippen LogP contribution in [0.4, 0.5) is 0 Å². The SMILES string of the molecule is Cc1c(Sc2cc3cn[nH]c3cn2)cc(C(=O)NCc2cccc3cnn(C4CC4)c23)n1C. The van der Waals surface area contributed by atoms with E-state index in [2.05, 4.69) is 42.4 Å². The molecule has 0 bridgehead atoms. The average Bonchev–Trinajstić information content (AvgIpc) is 3.28. The molecule has 6 rings (SSSR count). The van der Waals surface area contributed by atoms with Crippen LogP contribution in [0.5, 0.6) is 0 Å². The maximum Gasteiger partial charge on any atom is 0.268 e. The molecule has 4 aromatic heterocycles. The van der Waals surface area contributed by atoms with E-state index in [1.54, 1.807) is 24.2 Å². The number of benzene rings is 1. The van der Waals surface area contributed by atoms with E-state index in [1.165, 1.54) is 12.8 Å². The molecule has 0 unspecified atom stereocenters. The lowest BCUT2D eigenvalue weighted by molar-refractivity contribution is 0.0942. The van der Waals surface area contributed by atoms with Gasteiger partial charge in [0.2, 0.25) is 0 Å². The van der Waals surface area contributed by atoms with Crippen LogP contribution in [-0.4, -0.2) is 35.4 Å². The summed E-state index contributed by atoms with van der Waals surface area (Å²) in [6.45, 7) is 2.48. The Morgan fingerprint density at radius 3 is 2.94 bits per heavy atom. The van der Waals surface area contributed by atoms with Gasteiger partial charge in [-0.15, -0.1) is 0 Å². The van der Waals surface area contributed by atoms with Crippen LogP contribution >= 0.6 is 11.8 Å². The highest BCUT2D eigenvalue weighted by atomic mass is 32.2. The van der Waals surface area contributed by atoms with E-state index in [4.69, 9.17) is 0 Å². The number of hydrogen-bond donors (Lipinski definition) is 2. The van der Waals surface area contributed by atoms with E-state index in [0.717, 1.165) is 43.0 Å². The third-order valence-electron chi connectivity index (χ3n) is 6.27. The van der Waals surface area contributed by atoms with Gasteiger partial charge in [-0.2, -0.15) is 10.2 Å². The summed E-state index contributed by atoms with van der Waals surface area (Å²) >= 11 is 1.55. The van der Waals surface area contributed by atoms with Crippen LogP contribution in [0.1, 0.15) is 40.6 Å². The first-order chi connectivity index (χ1) is 16.1. The molecule has 1 saturated carbocycles. The number of aromatic amines is 1. The van der Waals surface area contributed by atoms with Crippen molar-refractivity contribution in [2.24, 2.45) is 7.05 Å². The molecule has 5 aromatic rings. The van der Waals surface area contributed by atoms with Crippen LogP contribution in [0.2, 0.25) is 0 Å². The molecule has 8 nitrogen and oxygen atoms in total. The number of amides is 1. The van der Waals surface area contributed by atoms with Gasteiger partial charge in [0.05, 0.1) is 35.7 Å². The van der Waals surface area contributed by atoms with E-state index in [0.29, 0.717) is 18.3 Å². The highest BCUT2D eigenvalue weighted by Gasteiger charge is 2.27. The van der Waals surface area contributed by atoms with Crippen molar-refractivity contribution >= 4 is 39.5 Å². The molecule has 0 spiro atoms. The summed E-state index contributed by atoms with van der Waals surface area (Å²) in [4.78, 5) is 18.6. The predicted molar refractivity (Wildman–Crippen MR) is 127 cm³/mol. The number of hydrogen-bond acceptors (Lipinski definition) is 5. The van der Waals surface area contributed by atoms with E-state index >= 15 is 0 Å². The second-order valence-electron chi connectivity index (χ2n) is 8.48. The van der Waals surface area contributed by atoms with Gasteiger partial charge < -0.3 is 9.88 Å². The van der Waals surface area contributed by atoms with Gasteiger partial charge in [-0.1, -0.05) is 30.0 Å². The van der Waals surface area contributed by atoms with Crippen molar-refractivity contribution in [3.05, 3.63) is 65.9 Å². The van der Waals surface area contributed by atoms with Crippen molar-refractivity contribution in [2.75, 3.05) is 0 Å².